The van der Waals surface area contributed by atoms with Crippen molar-refractivity contribution in [3.63, 3.8) is 0 Å². The van der Waals surface area contributed by atoms with Crippen molar-refractivity contribution in [2.45, 2.75) is 6.92 Å². The molecule has 0 fully saturated rings. The Labute approximate surface area is 104 Å². The van der Waals surface area contributed by atoms with Crippen LogP contribution >= 0.6 is 0 Å². The summed E-state index contributed by atoms with van der Waals surface area (Å²) in [5, 5.41) is 14.7. The fourth-order valence-corrected chi connectivity index (χ4v) is 1.33. The average Bonchev–Trinajstić information content (AvgIpc) is 2.40. The zero-order valence-electron chi connectivity index (χ0n) is 9.96. The van der Waals surface area contributed by atoms with Crippen LogP contribution in [0, 0.1) is 6.92 Å². The van der Waals surface area contributed by atoms with Crippen molar-refractivity contribution in [2.24, 2.45) is 0 Å². The molecule has 0 atom stereocenters. The highest BCUT2D eigenvalue weighted by Crippen LogP contribution is 2.14. The minimum absolute atomic E-state index is 0.0519. The molecule has 0 unspecified atom stereocenters. The molecule has 2 aromatic rings. The van der Waals surface area contributed by atoms with Gasteiger partial charge in [-0.25, -0.2) is 9.97 Å². The van der Waals surface area contributed by atoms with E-state index in [0.717, 1.165) is 5.56 Å². The average molecular weight is 246 g/mol. The molecule has 7 heteroatoms. The summed E-state index contributed by atoms with van der Waals surface area (Å²) in [4.78, 5) is 16.5. The Balaban J connectivity index is 2.14. The standard InChI is InChI=1S/C11H14N6O/c1-8-6-15-11(17-10(8)14-4-5-18)16-9-7-12-2-3-13-9/h2-3,6-7,18H,4-5H2,1H3,(H2,13,14,15,16,17). The number of anilines is 3. The molecule has 2 aromatic heterocycles. The minimum Gasteiger partial charge on any atom is -0.395 e. The van der Waals surface area contributed by atoms with Crippen LogP contribution in [0.4, 0.5) is 17.6 Å². The maximum Gasteiger partial charge on any atom is 0.230 e. The lowest BCUT2D eigenvalue weighted by Crippen LogP contribution is -2.10. The van der Waals surface area contributed by atoms with Gasteiger partial charge in [0.2, 0.25) is 5.95 Å². The summed E-state index contributed by atoms with van der Waals surface area (Å²) in [6.07, 6.45) is 6.46. The Kier molecular flexibility index (Phi) is 3.98. The smallest absolute Gasteiger partial charge is 0.230 e. The van der Waals surface area contributed by atoms with E-state index in [9.17, 15) is 0 Å². The summed E-state index contributed by atoms with van der Waals surface area (Å²) in [6, 6.07) is 0. The molecule has 0 aliphatic rings. The van der Waals surface area contributed by atoms with E-state index in [1.165, 1.54) is 0 Å². The van der Waals surface area contributed by atoms with Crippen LogP contribution in [0.2, 0.25) is 0 Å². The lowest BCUT2D eigenvalue weighted by Gasteiger charge is -2.09. The van der Waals surface area contributed by atoms with Gasteiger partial charge in [0, 0.05) is 30.7 Å². The molecule has 0 saturated carbocycles. The molecule has 7 nitrogen and oxygen atoms in total. The Bertz CT molecular complexity index is 504. The van der Waals surface area contributed by atoms with Crippen LogP contribution in [-0.4, -0.2) is 38.2 Å². The number of aromatic nitrogens is 4. The summed E-state index contributed by atoms with van der Waals surface area (Å²) in [7, 11) is 0. The first-order valence-electron chi connectivity index (χ1n) is 5.51. The van der Waals surface area contributed by atoms with E-state index in [4.69, 9.17) is 5.11 Å². The van der Waals surface area contributed by atoms with E-state index in [-0.39, 0.29) is 6.61 Å². The molecule has 2 heterocycles. The van der Waals surface area contributed by atoms with E-state index < -0.39 is 0 Å². The number of hydrogen-bond donors (Lipinski definition) is 3. The first-order chi connectivity index (χ1) is 8.79. The highest BCUT2D eigenvalue weighted by atomic mass is 16.3. The largest absolute Gasteiger partial charge is 0.395 e. The summed E-state index contributed by atoms with van der Waals surface area (Å²) in [5.41, 5.74) is 0.910. The summed E-state index contributed by atoms with van der Waals surface area (Å²) < 4.78 is 0. The van der Waals surface area contributed by atoms with E-state index in [0.29, 0.717) is 24.1 Å². The third kappa shape index (κ3) is 3.11. The molecule has 3 N–H and O–H groups in total. The van der Waals surface area contributed by atoms with Gasteiger partial charge < -0.3 is 15.7 Å². The third-order valence-electron chi connectivity index (χ3n) is 2.18. The van der Waals surface area contributed by atoms with Crippen molar-refractivity contribution in [2.75, 3.05) is 23.8 Å². The molecule has 18 heavy (non-hydrogen) atoms. The fraction of sp³-hybridized carbons (Fsp3) is 0.273. The molecule has 2 rings (SSSR count). The molecular formula is C11H14N6O. The third-order valence-corrected chi connectivity index (χ3v) is 2.18. The SMILES string of the molecule is Cc1cnc(Nc2cnccn2)nc1NCCO. The molecule has 94 valence electrons. The molecule has 0 aliphatic heterocycles. The molecule has 0 radical (unpaired) electrons. The second kappa shape index (κ2) is 5.87. The van der Waals surface area contributed by atoms with Crippen molar-refractivity contribution in [3.05, 3.63) is 30.4 Å². The van der Waals surface area contributed by atoms with Gasteiger partial charge in [-0.15, -0.1) is 0 Å². The lowest BCUT2D eigenvalue weighted by molar-refractivity contribution is 0.311. The second-order valence-electron chi connectivity index (χ2n) is 3.59. The van der Waals surface area contributed by atoms with Crippen LogP contribution in [0.5, 0.6) is 0 Å². The predicted octanol–water partition coefficient (Wildman–Crippen LogP) is 0.723. The van der Waals surface area contributed by atoms with Crippen LogP contribution in [0.25, 0.3) is 0 Å². The van der Waals surface area contributed by atoms with Gasteiger partial charge in [-0.3, -0.25) is 4.98 Å². The maximum atomic E-state index is 8.78. The van der Waals surface area contributed by atoms with Gasteiger partial charge in [0.15, 0.2) is 5.82 Å². The maximum absolute atomic E-state index is 8.78. The van der Waals surface area contributed by atoms with Gasteiger partial charge in [-0.05, 0) is 6.92 Å². The Morgan fingerprint density at radius 3 is 2.83 bits per heavy atom. The number of aliphatic hydroxyl groups is 1. The Morgan fingerprint density at radius 1 is 1.22 bits per heavy atom. The second-order valence-corrected chi connectivity index (χ2v) is 3.59. The quantitative estimate of drug-likeness (QED) is 0.715. The van der Waals surface area contributed by atoms with Crippen LogP contribution in [-0.2, 0) is 0 Å². The van der Waals surface area contributed by atoms with Gasteiger partial charge in [-0.2, -0.15) is 4.98 Å². The topological polar surface area (TPSA) is 95.9 Å². The zero-order valence-corrected chi connectivity index (χ0v) is 9.96. The van der Waals surface area contributed by atoms with Gasteiger partial charge in [0.25, 0.3) is 0 Å². The molecule has 0 aliphatic carbocycles. The molecule has 0 saturated heterocycles. The highest BCUT2D eigenvalue weighted by Gasteiger charge is 2.04. The van der Waals surface area contributed by atoms with Crippen molar-refractivity contribution in [1.29, 1.82) is 0 Å². The van der Waals surface area contributed by atoms with Gasteiger partial charge in [-0.1, -0.05) is 0 Å². The number of aryl methyl sites for hydroxylation is 1. The first kappa shape index (κ1) is 12.2. The van der Waals surface area contributed by atoms with Crippen LogP contribution < -0.4 is 10.6 Å². The van der Waals surface area contributed by atoms with E-state index in [1.54, 1.807) is 24.8 Å². The van der Waals surface area contributed by atoms with Gasteiger partial charge in [0.05, 0.1) is 12.8 Å². The molecule has 0 aromatic carbocycles. The first-order valence-corrected chi connectivity index (χ1v) is 5.51. The van der Waals surface area contributed by atoms with Crippen molar-refractivity contribution < 1.29 is 5.11 Å². The lowest BCUT2D eigenvalue weighted by atomic mass is 10.3. The minimum atomic E-state index is 0.0519. The highest BCUT2D eigenvalue weighted by molar-refractivity contribution is 5.51. The van der Waals surface area contributed by atoms with E-state index in [1.807, 2.05) is 6.92 Å². The Hall–Kier alpha value is -2.28. The monoisotopic (exact) mass is 246 g/mol. The van der Waals surface area contributed by atoms with Crippen LogP contribution in [0.3, 0.4) is 0 Å². The number of hydrogen-bond acceptors (Lipinski definition) is 7. The van der Waals surface area contributed by atoms with Crippen molar-refractivity contribution >= 4 is 17.6 Å². The Morgan fingerprint density at radius 2 is 2.11 bits per heavy atom. The van der Waals surface area contributed by atoms with Crippen LogP contribution in [0.15, 0.2) is 24.8 Å². The molecule has 0 bridgehead atoms. The van der Waals surface area contributed by atoms with Gasteiger partial charge in [0.1, 0.15) is 5.82 Å². The summed E-state index contributed by atoms with van der Waals surface area (Å²) in [5.74, 6) is 1.70. The van der Waals surface area contributed by atoms with Gasteiger partial charge >= 0.3 is 0 Å². The molecule has 0 amide bonds. The van der Waals surface area contributed by atoms with Crippen molar-refractivity contribution in [1.82, 2.24) is 19.9 Å². The fourth-order valence-electron chi connectivity index (χ4n) is 1.33. The zero-order chi connectivity index (χ0) is 12.8. The molecular weight excluding hydrogens is 232 g/mol. The van der Waals surface area contributed by atoms with E-state index in [2.05, 4.69) is 30.6 Å². The number of nitrogens with one attached hydrogen (secondary N) is 2. The number of rotatable bonds is 5. The van der Waals surface area contributed by atoms with Crippen molar-refractivity contribution in [3.8, 4) is 0 Å². The molecule has 0 spiro atoms. The summed E-state index contributed by atoms with van der Waals surface area (Å²) in [6.45, 7) is 2.39. The van der Waals surface area contributed by atoms with E-state index >= 15 is 0 Å². The summed E-state index contributed by atoms with van der Waals surface area (Å²) >= 11 is 0. The number of aliphatic hydroxyl groups excluding tert-OH is 1. The normalized spacial score (nSPS) is 10.1. The number of nitrogens with zero attached hydrogens (tertiary/aromatic N) is 4. The van der Waals surface area contributed by atoms with Crippen LogP contribution in [0.1, 0.15) is 5.56 Å². The predicted molar refractivity (Wildman–Crippen MR) is 67.7 cm³/mol.